The first-order valence-electron chi connectivity index (χ1n) is 11.1. The molecule has 0 radical (unpaired) electrons. The third-order valence-electron chi connectivity index (χ3n) is 6.27. The van der Waals surface area contributed by atoms with E-state index >= 15 is 0 Å². The smallest absolute Gasteiger partial charge is 0.254 e. The van der Waals surface area contributed by atoms with Crippen LogP contribution in [0.3, 0.4) is 0 Å². The van der Waals surface area contributed by atoms with E-state index in [1.54, 1.807) is 0 Å². The molecule has 2 amide bonds. The maximum Gasteiger partial charge on any atom is 0.254 e. The fraction of sp³-hybridized carbons (Fsp3) is 0.259. The van der Waals surface area contributed by atoms with Crippen LogP contribution >= 0.6 is 0 Å². The van der Waals surface area contributed by atoms with Crippen LogP contribution < -0.4 is 10.1 Å². The molecule has 2 heterocycles. The van der Waals surface area contributed by atoms with Gasteiger partial charge in [0.05, 0.1) is 13.0 Å². The van der Waals surface area contributed by atoms with E-state index in [1.165, 1.54) is 5.56 Å². The summed E-state index contributed by atoms with van der Waals surface area (Å²) in [5.74, 6) is 0.996. The number of benzene rings is 3. The zero-order chi connectivity index (χ0) is 21.9. The third kappa shape index (κ3) is 4.24. The van der Waals surface area contributed by atoms with Crippen molar-refractivity contribution in [1.82, 2.24) is 10.2 Å². The number of rotatable bonds is 7. The van der Waals surface area contributed by atoms with Gasteiger partial charge in [-0.3, -0.25) is 9.59 Å². The Balaban J connectivity index is 1.25. The number of hydrogen-bond acceptors (Lipinski definition) is 3. The van der Waals surface area contributed by atoms with Gasteiger partial charge in [0.1, 0.15) is 5.75 Å². The number of carbonyl (C=O) groups is 2. The Morgan fingerprint density at radius 1 is 1.00 bits per heavy atom. The van der Waals surface area contributed by atoms with Crippen LogP contribution in [0.25, 0.3) is 0 Å². The summed E-state index contributed by atoms with van der Waals surface area (Å²) in [6.45, 7) is 2.37. The Morgan fingerprint density at radius 3 is 2.66 bits per heavy atom. The Kier molecular flexibility index (Phi) is 5.63. The highest BCUT2D eigenvalue weighted by molar-refractivity contribution is 5.98. The molecule has 1 N–H and O–H groups in total. The average molecular weight is 427 g/mol. The second-order valence-corrected chi connectivity index (χ2v) is 8.47. The van der Waals surface area contributed by atoms with E-state index in [1.807, 2.05) is 59.5 Å². The molecule has 0 bridgehead atoms. The van der Waals surface area contributed by atoms with Crippen molar-refractivity contribution in [2.24, 2.45) is 0 Å². The van der Waals surface area contributed by atoms with Crippen molar-refractivity contribution in [2.75, 3.05) is 19.7 Å². The third-order valence-corrected chi connectivity index (χ3v) is 6.27. The van der Waals surface area contributed by atoms with Crippen LogP contribution in [0.5, 0.6) is 5.75 Å². The van der Waals surface area contributed by atoms with Gasteiger partial charge in [0.15, 0.2) is 0 Å². The highest BCUT2D eigenvalue weighted by Gasteiger charge is 2.29. The van der Waals surface area contributed by atoms with Crippen LogP contribution in [0, 0.1) is 0 Å². The molecule has 0 fully saturated rings. The molecule has 0 saturated carbocycles. The van der Waals surface area contributed by atoms with Gasteiger partial charge in [-0.25, -0.2) is 0 Å². The Hall–Kier alpha value is -3.60. The number of nitrogens with one attached hydrogen (secondary N) is 1. The summed E-state index contributed by atoms with van der Waals surface area (Å²) in [5, 5.41) is 3.10. The molecule has 0 spiro atoms. The van der Waals surface area contributed by atoms with Crippen molar-refractivity contribution >= 4 is 11.8 Å². The van der Waals surface area contributed by atoms with Crippen molar-refractivity contribution in [1.29, 1.82) is 0 Å². The number of carbonyl (C=O) groups excluding carboxylic acids is 2. The average Bonchev–Trinajstić information content (AvgIpc) is 3.41. The minimum atomic E-state index is -0.0131. The van der Waals surface area contributed by atoms with Gasteiger partial charge in [-0.05, 0) is 34.4 Å². The SMILES string of the molecule is O=C(Cc1ccc2c(c1)CCO2)NCC(CN1Cc2ccccc2C1=O)c1ccccc1. The largest absolute Gasteiger partial charge is 0.493 e. The van der Waals surface area contributed by atoms with Crippen LogP contribution in [0.4, 0.5) is 0 Å². The van der Waals surface area contributed by atoms with Gasteiger partial charge in [-0.2, -0.15) is 0 Å². The van der Waals surface area contributed by atoms with Crippen LogP contribution in [-0.2, 0) is 24.2 Å². The lowest BCUT2D eigenvalue weighted by molar-refractivity contribution is -0.120. The number of nitrogens with zero attached hydrogens (tertiary/aromatic N) is 1. The molecule has 5 heteroatoms. The predicted octanol–water partition coefficient (Wildman–Crippen LogP) is 3.72. The molecule has 162 valence electrons. The van der Waals surface area contributed by atoms with Gasteiger partial charge in [0, 0.05) is 37.5 Å². The minimum absolute atomic E-state index is 0.0131. The van der Waals surface area contributed by atoms with E-state index in [0.717, 1.165) is 34.4 Å². The molecule has 32 heavy (non-hydrogen) atoms. The van der Waals surface area contributed by atoms with E-state index in [0.29, 0.717) is 32.7 Å². The second kappa shape index (κ2) is 8.87. The molecule has 5 rings (SSSR count). The molecule has 3 aromatic carbocycles. The maximum absolute atomic E-state index is 12.9. The summed E-state index contributed by atoms with van der Waals surface area (Å²) in [6, 6.07) is 23.8. The zero-order valence-electron chi connectivity index (χ0n) is 17.9. The molecule has 3 aromatic rings. The molecule has 2 aliphatic heterocycles. The van der Waals surface area contributed by atoms with Crippen LogP contribution in [0.15, 0.2) is 72.8 Å². The van der Waals surface area contributed by atoms with E-state index in [9.17, 15) is 9.59 Å². The van der Waals surface area contributed by atoms with Crippen LogP contribution in [0.2, 0.25) is 0 Å². The minimum Gasteiger partial charge on any atom is -0.493 e. The Labute approximate surface area is 188 Å². The lowest BCUT2D eigenvalue weighted by atomic mass is 9.98. The molecule has 1 atom stereocenters. The highest BCUT2D eigenvalue weighted by atomic mass is 16.5. The number of fused-ring (bicyclic) bond motifs is 2. The quantitative estimate of drug-likeness (QED) is 0.627. The monoisotopic (exact) mass is 426 g/mol. The summed E-state index contributed by atoms with van der Waals surface area (Å²) in [5.41, 5.74) is 5.13. The Morgan fingerprint density at radius 2 is 1.81 bits per heavy atom. The van der Waals surface area contributed by atoms with Crippen molar-refractivity contribution < 1.29 is 14.3 Å². The first kappa shape index (κ1) is 20.3. The van der Waals surface area contributed by atoms with Crippen molar-refractivity contribution in [2.45, 2.75) is 25.3 Å². The maximum atomic E-state index is 12.9. The van der Waals surface area contributed by atoms with E-state index in [4.69, 9.17) is 4.74 Å². The Bertz CT molecular complexity index is 1140. The van der Waals surface area contributed by atoms with Crippen molar-refractivity contribution in [3.05, 3.63) is 101 Å². The second-order valence-electron chi connectivity index (χ2n) is 8.47. The first-order valence-corrected chi connectivity index (χ1v) is 11.1. The fourth-order valence-corrected chi connectivity index (χ4v) is 4.58. The molecule has 1 unspecified atom stereocenters. The topological polar surface area (TPSA) is 58.6 Å². The standard InChI is InChI=1S/C27H26N2O3/c30-26(15-19-10-11-25-21(14-19)12-13-32-25)28-16-23(20-6-2-1-3-7-20)18-29-17-22-8-4-5-9-24(22)27(29)31/h1-11,14,23H,12-13,15-18H2,(H,28,30). The summed E-state index contributed by atoms with van der Waals surface area (Å²) >= 11 is 0. The summed E-state index contributed by atoms with van der Waals surface area (Å²) in [4.78, 5) is 27.5. The zero-order valence-corrected chi connectivity index (χ0v) is 17.9. The fourth-order valence-electron chi connectivity index (χ4n) is 4.58. The molecule has 0 saturated heterocycles. The van der Waals surface area contributed by atoms with Gasteiger partial charge < -0.3 is 15.0 Å². The van der Waals surface area contributed by atoms with Crippen LogP contribution in [0.1, 0.15) is 38.5 Å². The molecule has 0 aliphatic carbocycles. The molecular weight excluding hydrogens is 400 g/mol. The molecule has 0 aromatic heterocycles. The van der Waals surface area contributed by atoms with E-state index in [2.05, 4.69) is 23.5 Å². The number of ether oxygens (including phenoxy) is 1. The number of amides is 2. The van der Waals surface area contributed by atoms with Crippen LogP contribution in [-0.4, -0.2) is 36.4 Å². The summed E-state index contributed by atoms with van der Waals surface area (Å²) in [6.07, 6.45) is 1.23. The van der Waals surface area contributed by atoms with Gasteiger partial charge in [0.2, 0.25) is 5.91 Å². The molecular formula is C27H26N2O3. The van der Waals surface area contributed by atoms with Gasteiger partial charge in [0.25, 0.3) is 5.91 Å². The van der Waals surface area contributed by atoms with Crippen molar-refractivity contribution in [3.8, 4) is 5.75 Å². The van der Waals surface area contributed by atoms with Gasteiger partial charge in [-0.15, -0.1) is 0 Å². The lowest BCUT2D eigenvalue weighted by Crippen LogP contribution is -2.36. The normalized spacial score (nSPS) is 15.1. The van der Waals surface area contributed by atoms with E-state index < -0.39 is 0 Å². The van der Waals surface area contributed by atoms with Gasteiger partial charge in [-0.1, -0.05) is 60.7 Å². The van der Waals surface area contributed by atoms with Crippen molar-refractivity contribution in [3.63, 3.8) is 0 Å². The summed E-state index contributed by atoms with van der Waals surface area (Å²) < 4.78 is 5.55. The van der Waals surface area contributed by atoms with Gasteiger partial charge >= 0.3 is 0 Å². The lowest BCUT2D eigenvalue weighted by Gasteiger charge is -2.24. The first-order chi connectivity index (χ1) is 15.7. The molecule has 5 nitrogen and oxygen atoms in total. The highest BCUT2D eigenvalue weighted by Crippen LogP contribution is 2.27. The number of hydrogen-bond donors (Lipinski definition) is 1. The van der Waals surface area contributed by atoms with E-state index in [-0.39, 0.29) is 17.7 Å². The molecule has 2 aliphatic rings. The summed E-state index contributed by atoms with van der Waals surface area (Å²) in [7, 11) is 0. The predicted molar refractivity (Wildman–Crippen MR) is 123 cm³/mol.